The van der Waals surface area contributed by atoms with E-state index in [0.29, 0.717) is 6.42 Å². The topological polar surface area (TPSA) is 83.4 Å². The van der Waals surface area contributed by atoms with Crippen LogP contribution in [0.4, 0.5) is 0 Å². The number of furan rings is 1. The smallest absolute Gasteiger partial charge is 0.287 e. The van der Waals surface area contributed by atoms with E-state index in [1.165, 1.54) is 6.26 Å². The minimum absolute atomic E-state index is 0.146. The van der Waals surface area contributed by atoms with Crippen molar-refractivity contribution in [1.82, 2.24) is 16.0 Å². The summed E-state index contributed by atoms with van der Waals surface area (Å²) >= 11 is 0. The lowest BCUT2D eigenvalue weighted by Crippen LogP contribution is -2.52. The standard InChI is InChI=1S/C19H23N3O3/c23-18(21-15-8-10-20-11-9-15)16(13-14-5-2-1-3-6-14)22-19(24)17-7-4-12-25-17/h1-7,12,15-16,20H,8-11,13H2,(H,21,23)(H,22,24). The third-order valence-electron chi connectivity index (χ3n) is 4.33. The molecular weight excluding hydrogens is 318 g/mol. The number of rotatable bonds is 6. The average Bonchev–Trinajstić information content (AvgIpc) is 3.18. The lowest BCUT2D eigenvalue weighted by atomic mass is 10.0. The molecule has 1 aromatic heterocycles. The van der Waals surface area contributed by atoms with Crippen LogP contribution >= 0.6 is 0 Å². The number of carbonyl (C=O) groups is 2. The highest BCUT2D eigenvalue weighted by atomic mass is 16.3. The van der Waals surface area contributed by atoms with Gasteiger partial charge in [-0.05, 0) is 43.6 Å². The molecule has 25 heavy (non-hydrogen) atoms. The molecule has 0 radical (unpaired) electrons. The molecule has 6 heteroatoms. The van der Waals surface area contributed by atoms with Crippen LogP contribution in [0.5, 0.6) is 0 Å². The maximum Gasteiger partial charge on any atom is 0.287 e. The predicted octanol–water partition coefficient (Wildman–Crippen LogP) is 1.49. The second kappa shape index (κ2) is 8.48. The summed E-state index contributed by atoms with van der Waals surface area (Å²) in [6, 6.07) is 12.4. The van der Waals surface area contributed by atoms with E-state index in [4.69, 9.17) is 4.42 Å². The molecule has 1 aromatic carbocycles. The molecule has 1 unspecified atom stereocenters. The van der Waals surface area contributed by atoms with Crippen molar-refractivity contribution in [3.05, 3.63) is 60.1 Å². The number of hydrogen-bond donors (Lipinski definition) is 3. The van der Waals surface area contributed by atoms with Crippen LogP contribution in [0.1, 0.15) is 29.0 Å². The summed E-state index contributed by atoms with van der Waals surface area (Å²) in [5, 5.41) is 9.14. The monoisotopic (exact) mass is 341 g/mol. The molecule has 6 nitrogen and oxygen atoms in total. The van der Waals surface area contributed by atoms with Gasteiger partial charge in [-0.3, -0.25) is 9.59 Å². The molecule has 1 atom stereocenters. The Morgan fingerprint density at radius 1 is 1.12 bits per heavy atom. The van der Waals surface area contributed by atoms with Gasteiger partial charge in [0.1, 0.15) is 6.04 Å². The summed E-state index contributed by atoms with van der Waals surface area (Å²) in [7, 11) is 0. The molecule has 132 valence electrons. The quantitative estimate of drug-likeness (QED) is 0.743. The van der Waals surface area contributed by atoms with E-state index in [9.17, 15) is 9.59 Å². The van der Waals surface area contributed by atoms with E-state index >= 15 is 0 Å². The zero-order valence-electron chi connectivity index (χ0n) is 14.0. The Morgan fingerprint density at radius 3 is 2.56 bits per heavy atom. The lowest BCUT2D eigenvalue weighted by molar-refractivity contribution is -0.123. The fourth-order valence-corrected chi connectivity index (χ4v) is 2.96. The maximum atomic E-state index is 12.7. The van der Waals surface area contributed by atoms with Crippen molar-refractivity contribution in [3.63, 3.8) is 0 Å². The van der Waals surface area contributed by atoms with Crippen LogP contribution in [0.3, 0.4) is 0 Å². The van der Waals surface area contributed by atoms with E-state index in [1.54, 1.807) is 12.1 Å². The molecule has 0 spiro atoms. The van der Waals surface area contributed by atoms with Gasteiger partial charge < -0.3 is 20.4 Å². The SMILES string of the molecule is O=C(NC(Cc1ccccc1)C(=O)NC1CCNCC1)c1ccco1. The van der Waals surface area contributed by atoms with Crippen molar-refractivity contribution in [2.75, 3.05) is 13.1 Å². The van der Waals surface area contributed by atoms with Crippen LogP contribution < -0.4 is 16.0 Å². The zero-order valence-corrected chi connectivity index (χ0v) is 14.0. The minimum atomic E-state index is -0.644. The van der Waals surface area contributed by atoms with Crippen molar-refractivity contribution >= 4 is 11.8 Å². The average molecular weight is 341 g/mol. The van der Waals surface area contributed by atoms with E-state index in [-0.39, 0.29) is 23.6 Å². The molecule has 2 aromatic rings. The van der Waals surface area contributed by atoms with E-state index in [1.807, 2.05) is 30.3 Å². The van der Waals surface area contributed by atoms with Gasteiger partial charge in [-0.25, -0.2) is 0 Å². The Labute approximate surface area is 147 Å². The molecule has 3 N–H and O–H groups in total. The fraction of sp³-hybridized carbons (Fsp3) is 0.368. The van der Waals surface area contributed by atoms with Gasteiger partial charge in [0, 0.05) is 12.5 Å². The number of nitrogens with one attached hydrogen (secondary N) is 3. The first-order chi connectivity index (χ1) is 12.2. The van der Waals surface area contributed by atoms with Gasteiger partial charge in [0.25, 0.3) is 5.91 Å². The van der Waals surface area contributed by atoms with Crippen LogP contribution in [0, 0.1) is 0 Å². The van der Waals surface area contributed by atoms with Crippen molar-refractivity contribution in [3.8, 4) is 0 Å². The van der Waals surface area contributed by atoms with Gasteiger partial charge in [0.15, 0.2) is 5.76 Å². The number of benzene rings is 1. The predicted molar refractivity (Wildman–Crippen MR) is 94.1 cm³/mol. The van der Waals surface area contributed by atoms with E-state index in [0.717, 1.165) is 31.5 Å². The molecule has 2 heterocycles. The van der Waals surface area contributed by atoms with Gasteiger partial charge in [0.2, 0.25) is 5.91 Å². The number of amides is 2. The van der Waals surface area contributed by atoms with E-state index < -0.39 is 6.04 Å². The first kappa shape index (κ1) is 17.2. The summed E-state index contributed by atoms with van der Waals surface area (Å²) in [5.41, 5.74) is 0.993. The Balaban J connectivity index is 1.68. The normalized spacial score (nSPS) is 16.2. The van der Waals surface area contributed by atoms with Crippen molar-refractivity contribution in [1.29, 1.82) is 0 Å². The Hall–Kier alpha value is -2.60. The third-order valence-corrected chi connectivity index (χ3v) is 4.33. The molecule has 3 rings (SSSR count). The van der Waals surface area contributed by atoms with Crippen LogP contribution in [0.2, 0.25) is 0 Å². The highest BCUT2D eigenvalue weighted by Crippen LogP contribution is 2.08. The first-order valence-corrected chi connectivity index (χ1v) is 8.62. The molecule has 0 bridgehead atoms. The largest absolute Gasteiger partial charge is 0.459 e. The Bertz CT molecular complexity index is 679. The van der Waals surface area contributed by atoms with Gasteiger partial charge in [-0.2, -0.15) is 0 Å². The molecule has 1 saturated heterocycles. The van der Waals surface area contributed by atoms with Crippen LogP contribution in [-0.4, -0.2) is 37.0 Å². The molecule has 1 fully saturated rings. The summed E-state index contributed by atoms with van der Waals surface area (Å²) in [4.78, 5) is 25.1. The number of hydrogen-bond acceptors (Lipinski definition) is 4. The van der Waals surface area contributed by atoms with Crippen molar-refractivity contribution < 1.29 is 14.0 Å². The Morgan fingerprint density at radius 2 is 1.88 bits per heavy atom. The van der Waals surface area contributed by atoms with E-state index in [2.05, 4.69) is 16.0 Å². The number of piperidine rings is 1. The highest BCUT2D eigenvalue weighted by molar-refractivity contribution is 5.95. The molecule has 2 amide bonds. The summed E-state index contributed by atoms with van der Waals surface area (Å²) < 4.78 is 5.12. The molecular formula is C19H23N3O3. The van der Waals surface area contributed by atoms with Crippen LogP contribution in [-0.2, 0) is 11.2 Å². The second-order valence-electron chi connectivity index (χ2n) is 6.23. The Kier molecular flexibility index (Phi) is 5.85. The maximum absolute atomic E-state index is 12.7. The van der Waals surface area contributed by atoms with Crippen molar-refractivity contribution in [2.45, 2.75) is 31.3 Å². The summed E-state index contributed by atoms with van der Waals surface area (Å²) in [6.07, 6.45) is 3.67. The van der Waals surface area contributed by atoms with Crippen molar-refractivity contribution in [2.24, 2.45) is 0 Å². The van der Waals surface area contributed by atoms with Gasteiger partial charge in [-0.1, -0.05) is 30.3 Å². The van der Waals surface area contributed by atoms with Crippen LogP contribution in [0.25, 0.3) is 0 Å². The van der Waals surface area contributed by atoms with Crippen LogP contribution in [0.15, 0.2) is 53.1 Å². The third kappa shape index (κ3) is 4.93. The highest BCUT2D eigenvalue weighted by Gasteiger charge is 2.25. The summed E-state index contributed by atoms with van der Waals surface area (Å²) in [6.45, 7) is 1.79. The lowest BCUT2D eigenvalue weighted by Gasteiger charge is -2.26. The molecule has 1 aliphatic heterocycles. The van der Waals surface area contributed by atoms with Gasteiger partial charge in [-0.15, -0.1) is 0 Å². The summed E-state index contributed by atoms with van der Waals surface area (Å²) in [5.74, 6) is -0.338. The second-order valence-corrected chi connectivity index (χ2v) is 6.23. The number of carbonyl (C=O) groups excluding carboxylic acids is 2. The molecule has 0 saturated carbocycles. The van der Waals surface area contributed by atoms with Gasteiger partial charge in [0.05, 0.1) is 6.26 Å². The minimum Gasteiger partial charge on any atom is -0.459 e. The zero-order chi connectivity index (χ0) is 17.5. The molecule has 0 aliphatic carbocycles. The molecule has 1 aliphatic rings. The fourth-order valence-electron chi connectivity index (χ4n) is 2.96. The van der Waals surface area contributed by atoms with Gasteiger partial charge >= 0.3 is 0 Å². The first-order valence-electron chi connectivity index (χ1n) is 8.62.